The lowest BCUT2D eigenvalue weighted by atomic mass is 10.2. The molecule has 3 heteroatoms. The number of benzene rings is 1. The van der Waals surface area contributed by atoms with Crippen LogP contribution in [0, 0.1) is 5.92 Å². The molecule has 0 fully saturated rings. The highest BCUT2D eigenvalue weighted by molar-refractivity contribution is 5.78. The molecule has 0 amide bonds. The van der Waals surface area contributed by atoms with Crippen molar-refractivity contribution < 1.29 is 0 Å². The molecule has 0 aliphatic rings. The van der Waals surface area contributed by atoms with Gasteiger partial charge in [0.25, 0.3) is 0 Å². The number of nitrogens with zero attached hydrogens (tertiary/aromatic N) is 1. The lowest BCUT2D eigenvalue weighted by Crippen LogP contribution is -2.37. The summed E-state index contributed by atoms with van der Waals surface area (Å²) in [5.41, 5.74) is 2.16. The molecule has 0 aliphatic heterocycles. The summed E-state index contributed by atoms with van der Waals surface area (Å²) in [6, 6.07) is 12.9. The number of rotatable bonds is 7. The summed E-state index contributed by atoms with van der Waals surface area (Å²) in [5, 5.41) is 8.18. The zero-order valence-electron chi connectivity index (χ0n) is 12.7. The predicted molar refractivity (Wildman–Crippen MR) is 85.8 cm³/mol. The number of fused-ring (bicyclic) bond motifs is 1. The predicted octanol–water partition coefficient (Wildman–Crippen LogP) is 2.96. The first-order valence-corrected chi connectivity index (χ1v) is 7.44. The number of hydrogen-bond donors (Lipinski definition) is 2. The quantitative estimate of drug-likeness (QED) is 0.813. The van der Waals surface area contributed by atoms with Crippen molar-refractivity contribution in [2.24, 2.45) is 5.92 Å². The summed E-state index contributed by atoms with van der Waals surface area (Å²) in [6.07, 6.45) is 0. The standard InChI is InChI=1S/C17H25N3/c1-13(2)10-18-11-14(3)19-12-16-9-8-15-6-4-5-7-17(15)20-16/h4-9,13-14,18-19H,10-12H2,1-3H3. The molecule has 0 spiro atoms. The Kier molecular flexibility index (Phi) is 5.50. The van der Waals surface area contributed by atoms with Crippen LogP contribution in [0.5, 0.6) is 0 Å². The van der Waals surface area contributed by atoms with Gasteiger partial charge in [-0.3, -0.25) is 4.98 Å². The molecule has 1 aromatic carbocycles. The zero-order valence-corrected chi connectivity index (χ0v) is 12.7. The van der Waals surface area contributed by atoms with Crippen molar-refractivity contribution in [3.63, 3.8) is 0 Å². The smallest absolute Gasteiger partial charge is 0.0705 e. The van der Waals surface area contributed by atoms with Gasteiger partial charge in [-0.2, -0.15) is 0 Å². The van der Waals surface area contributed by atoms with E-state index in [1.54, 1.807) is 0 Å². The molecular formula is C17H25N3. The van der Waals surface area contributed by atoms with E-state index in [-0.39, 0.29) is 0 Å². The summed E-state index contributed by atoms with van der Waals surface area (Å²) in [4.78, 5) is 4.67. The molecule has 2 rings (SSSR count). The lowest BCUT2D eigenvalue weighted by molar-refractivity contribution is 0.470. The second-order valence-electron chi connectivity index (χ2n) is 5.83. The molecule has 2 N–H and O–H groups in total. The zero-order chi connectivity index (χ0) is 14.4. The number of pyridine rings is 1. The minimum Gasteiger partial charge on any atom is -0.315 e. The lowest BCUT2D eigenvalue weighted by Gasteiger charge is -2.15. The first-order valence-electron chi connectivity index (χ1n) is 7.44. The van der Waals surface area contributed by atoms with E-state index >= 15 is 0 Å². The SMILES string of the molecule is CC(C)CNCC(C)NCc1ccc2ccccc2n1. The Morgan fingerprint density at radius 3 is 2.60 bits per heavy atom. The highest BCUT2D eigenvalue weighted by Crippen LogP contribution is 2.11. The Morgan fingerprint density at radius 2 is 1.80 bits per heavy atom. The Labute approximate surface area is 121 Å². The third-order valence-electron chi connectivity index (χ3n) is 3.29. The van der Waals surface area contributed by atoms with Gasteiger partial charge in [-0.1, -0.05) is 38.1 Å². The topological polar surface area (TPSA) is 37.0 Å². The number of hydrogen-bond acceptors (Lipinski definition) is 3. The van der Waals surface area contributed by atoms with Crippen LogP contribution in [-0.4, -0.2) is 24.1 Å². The van der Waals surface area contributed by atoms with Crippen molar-refractivity contribution in [1.29, 1.82) is 0 Å². The van der Waals surface area contributed by atoms with Crippen molar-refractivity contribution in [1.82, 2.24) is 15.6 Å². The van der Waals surface area contributed by atoms with Crippen LogP contribution in [0.2, 0.25) is 0 Å². The maximum absolute atomic E-state index is 4.67. The molecule has 1 unspecified atom stereocenters. The summed E-state index contributed by atoms with van der Waals surface area (Å²) in [6.45, 7) is 9.53. The molecule has 20 heavy (non-hydrogen) atoms. The normalized spacial score (nSPS) is 13.0. The Hall–Kier alpha value is -1.45. The van der Waals surface area contributed by atoms with Gasteiger partial charge in [0.05, 0.1) is 11.2 Å². The largest absolute Gasteiger partial charge is 0.315 e. The van der Waals surface area contributed by atoms with Crippen molar-refractivity contribution >= 4 is 10.9 Å². The van der Waals surface area contributed by atoms with Gasteiger partial charge in [0.2, 0.25) is 0 Å². The molecule has 0 saturated heterocycles. The van der Waals surface area contributed by atoms with Gasteiger partial charge in [0, 0.05) is 24.5 Å². The van der Waals surface area contributed by atoms with Crippen LogP contribution in [0.4, 0.5) is 0 Å². The molecule has 1 atom stereocenters. The van der Waals surface area contributed by atoms with Gasteiger partial charge in [-0.15, -0.1) is 0 Å². The summed E-state index contributed by atoms with van der Waals surface area (Å²) < 4.78 is 0. The average Bonchev–Trinajstić information content (AvgIpc) is 2.44. The summed E-state index contributed by atoms with van der Waals surface area (Å²) in [7, 11) is 0. The van der Waals surface area contributed by atoms with Crippen LogP contribution in [0.25, 0.3) is 10.9 Å². The highest BCUT2D eigenvalue weighted by Gasteiger charge is 2.03. The van der Waals surface area contributed by atoms with E-state index in [1.807, 2.05) is 12.1 Å². The van der Waals surface area contributed by atoms with Crippen molar-refractivity contribution in [2.75, 3.05) is 13.1 Å². The minimum absolute atomic E-state index is 0.446. The minimum atomic E-state index is 0.446. The highest BCUT2D eigenvalue weighted by atomic mass is 15.0. The van der Waals surface area contributed by atoms with Crippen molar-refractivity contribution in [3.8, 4) is 0 Å². The Balaban J connectivity index is 1.83. The molecule has 1 heterocycles. The first kappa shape index (κ1) is 14.9. The van der Waals surface area contributed by atoms with Gasteiger partial charge in [0.1, 0.15) is 0 Å². The molecule has 3 nitrogen and oxygen atoms in total. The van der Waals surface area contributed by atoms with E-state index in [2.05, 4.69) is 60.7 Å². The van der Waals surface area contributed by atoms with E-state index in [1.165, 1.54) is 5.39 Å². The van der Waals surface area contributed by atoms with Gasteiger partial charge in [0.15, 0.2) is 0 Å². The third kappa shape index (κ3) is 4.58. The van der Waals surface area contributed by atoms with Gasteiger partial charge in [-0.25, -0.2) is 0 Å². The number of nitrogens with one attached hydrogen (secondary N) is 2. The van der Waals surface area contributed by atoms with Gasteiger partial charge < -0.3 is 10.6 Å². The molecule has 1 aromatic heterocycles. The average molecular weight is 271 g/mol. The van der Waals surface area contributed by atoms with E-state index in [0.717, 1.165) is 30.8 Å². The molecule has 2 aromatic rings. The van der Waals surface area contributed by atoms with Crippen LogP contribution >= 0.6 is 0 Å². The van der Waals surface area contributed by atoms with Crippen LogP contribution in [0.3, 0.4) is 0 Å². The summed E-state index contributed by atoms with van der Waals surface area (Å²) in [5.74, 6) is 0.698. The fraction of sp³-hybridized carbons (Fsp3) is 0.471. The van der Waals surface area contributed by atoms with Crippen molar-refractivity contribution in [3.05, 3.63) is 42.1 Å². The van der Waals surface area contributed by atoms with Crippen LogP contribution in [0.15, 0.2) is 36.4 Å². The fourth-order valence-electron chi connectivity index (χ4n) is 2.15. The van der Waals surface area contributed by atoms with Gasteiger partial charge in [-0.05, 0) is 31.5 Å². The van der Waals surface area contributed by atoms with Gasteiger partial charge >= 0.3 is 0 Å². The molecule has 0 aliphatic carbocycles. The van der Waals surface area contributed by atoms with E-state index in [9.17, 15) is 0 Å². The maximum Gasteiger partial charge on any atom is 0.0705 e. The third-order valence-corrected chi connectivity index (χ3v) is 3.29. The molecular weight excluding hydrogens is 246 g/mol. The van der Waals surface area contributed by atoms with Crippen molar-refractivity contribution in [2.45, 2.75) is 33.4 Å². The Bertz CT molecular complexity index is 537. The van der Waals surface area contributed by atoms with E-state index < -0.39 is 0 Å². The maximum atomic E-state index is 4.67. The number of aromatic nitrogens is 1. The van der Waals surface area contributed by atoms with E-state index in [0.29, 0.717) is 12.0 Å². The molecule has 108 valence electrons. The second-order valence-corrected chi connectivity index (χ2v) is 5.83. The van der Waals surface area contributed by atoms with Crippen LogP contribution in [-0.2, 0) is 6.54 Å². The summed E-state index contributed by atoms with van der Waals surface area (Å²) >= 11 is 0. The molecule has 0 radical (unpaired) electrons. The first-order chi connectivity index (χ1) is 9.65. The fourth-order valence-corrected chi connectivity index (χ4v) is 2.15. The van der Waals surface area contributed by atoms with E-state index in [4.69, 9.17) is 0 Å². The van der Waals surface area contributed by atoms with Crippen LogP contribution < -0.4 is 10.6 Å². The molecule has 0 bridgehead atoms. The Morgan fingerprint density at radius 1 is 1.00 bits per heavy atom. The number of para-hydroxylation sites is 1. The van der Waals surface area contributed by atoms with Crippen LogP contribution in [0.1, 0.15) is 26.5 Å². The molecule has 0 saturated carbocycles. The monoisotopic (exact) mass is 271 g/mol. The second kappa shape index (κ2) is 7.36.